The van der Waals surface area contributed by atoms with Crippen molar-refractivity contribution in [2.24, 2.45) is 5.92 Å². The summed E-state index contributed by atoms with van der Waals surface area (Å²) in [4.78, 5) is 12.7. The number of thioether (sulfide) groups is 1. The van der Waals surface area contributed by atoms with Crippen molar-refractivity contribution in [2.75, 3.05) is 5.75 Å². The molecule has 4 nitrogen and oxygen atoms in total. The summed E-state index contributed by atoms with van der Waals surface area (Å²) in [6.07, 6.45) is 1.74. The van der Waals surface area contributed by atoms with Crippen molar-refractivity contribution < 1.29 is 42.1 Å². The maximum atomic E-state index is 13.0. The Labute approximate surface area is 261 Å². The molecule has 2 aromatic carbocycles. The van der Waals surface area contributed by atoms with Crippen LogP contribution in [0.25, 0.3) is 0 Å². The number of benzene rings is 2. The molecule has 0 fully saturated rings. The maximum absolute atomic E-state index is 13.0. The minimum Gasteiger partial charge on any atom is -0.508 e. The van der Waals surface area contributed by atoms with E-state index in [0.717, 1.165) is 62.0 Å². The number of carboxylic acids is 1. The maximum Gasteiger partial charge on any atom is 0.453 e. The first-order valence-corrected chi connectivity index (χ1v) is 16.7. The zero-order valence-corrected chi connectivity index (χ0v) is 26.2. The van der Waals surface area contributed by atoms with Crippen LogP contribution in [0.4, 0.5) is 22.0 Å². The highest BCUT2D eigenvalue weighted by Crippen LogP contribution is 2.54. The van der Waals surface area contributed by atoms with Gasteiger partial charge in [0.15, 0.2) is 0 Å². The Hall–Kier alpha value is -2.49. The molecule has 10 heteroatoms. The molecule has 2 aromatic rings. The number of aromatic hydroxyl groups is 2. The van der Waals surface area contributed by atoms with Crippen LogP contribution in [0.1, 0.15) is 114 Å². The summed E-state index contributed by atoms with van der Waals surface area (Å²) in [7, 11) is 0. The smallest absolute Gasteiger partial charge is 0.453 e. The van der Waals surface area contributed by atoms with Crippen molar-refractivity contribution in [3.05, 3.63) is 53.6 Å². The van der Waals surface area contributed by atoms with Gasteiger partial charge in [0.2, 0.25) is 0 Å². The van der Waals surface area contributed by atoms with E-state index in [0.29, 0.717) is 12.8 Å². The lowest BCUT2D eigenvalue weighted by atomic mass is 9.65. The van der Waals surface area contributed by atoms with Crippen LogP contribution in [-0.4, -0.2) is 39.1 Å². The molecule has 44 heavy (non-hydrogen) atoms. The first kappa shape index (κ1) is 36.0. The number of phenolic OH excluding ortho intramolecular Hbond substituents is 2. The number of fused-ring (bicyclic) bond motifs is 1. The molecule has 3 N–H and O–H groups in total. The van der Waals surface area contributed by atoms with Crippen molar-refractivity contribution >= 4 is 17.7 Å². The standard InChI is InChI=1S/C34H45F5O4S/c1-2-32(25-15-17-26(40)18-16-25)23-44-30-22-27(41)19-20-28(30)29(32)14-10-6-4-3-5-8-12-24(31(42)43)13-9-7-11-21-33(35,36)34(37,38)39/h15-20,22,24,29,40-41H,2-14,21,23H2,1H3,(H,42,43). The lowest BCUT2D eigenvalue weighted by Gasteiger charge is -2.45. The fourth-order valence-electron chi connectivity index (χ4n) is 6.50. The molecular formula is C34H45F5O4S. The van der Waals surface area contributed by atoms with Crippen LogP contribution in [0.5, 0.6) is 11.5 Å². The molecule has 1 aliphatic rings. The second-order valence-corrected chi connectivity index (χ2v) is 13.2. The number of hydrogen-bond acceptors (Lipinski definition) is 4. The minimum absolute atomic E-state index is 0.0899. The zero-order valence-electron chi connectivity index (χ0n) is 25.4. The van der Waals surface area contributed by atoms with E-state index in [9.17, 15) is 42.1 Å². The predicted molar refractivity (Wildman–Crippen MR) is 164 cm³/mol. The average molecular weight is 645 g/mol. The molecule has 1 heterocycles. The molecular weight excluding hydrogens is 599 g/mol. The predicted octanol–water partition coefficient (Wildman–Crippen LogP) is 10.6. The molecule has 1 aliphatic heterocycles. The minimum atomic E-state index is -5.55. The van der Waals surface area contributed by atoms with E-state index in [4.69, 9.17) is 0 Å². The van der Waals surface area contributed by atoms with E-state index < -0.39 is 30.4 Å². The van der Waals surface area contributed by atoms with E-state index in [-0.39, 0.29) is 42.1 Å². The average Bonchev–Trinajstić information content (AvgIpc) is 2.96. The number of carbonyl (C=O) groups is 1. The van der Waals surface area contributed by atoms with Crippen LogP contribution in [-0.2, 0) is 10.2 Å². The van der Waals surface area contributed by atoms with Crippen LogP contribution in [0, 0.1) is 5.92 Å². The highest BCUT2D eigenvalue weighted by Gasteiger charge is 2.56. The fraction of sp³-hybridized carbons (Fsp3) is 0.618. The summed E-state index contributed by atoms with van der Waals surface area (Å²) in [5.41, 5.74) is 2.37. The van der Waals surface area contributed by atoms with E-state index in [1.54, 1.807) is 30.0 Å². The Morgan fingerprint density at radius 1 is 0.864 bits per heavy atom. The van der Waals surface area contributed by atoms with E-state index in [1.165, 1.54) is 11.1 Å². The molecule has 0 spiro atoms. The molecule has 3 rings (SSSR count). The highest BCUT2D eigenvalue weighted by atomic mass is 32.2. The Morgan fingerprint density at radius 3 is 2.02 bits per heavy atom. The van der Waals surface area contributed by atoms with Crippen molar-refractivity contribution in [3.63, 3.8) is 0 Å². The van der Waals surface area contributed by atoms with Crippen molar-refractivity contribution in [1.29, 1.82) is 0 Å². The monoisotopic (exact) mass is 644 g/mol. The molecule has 0 saturated heterocycles. The number of halogens is 5. The largest absolute Gasteiger partial charge is 0.508 e. The van der Waals surface area contributed by atoms with Gasteiger partial charge in [-0.15, -0.1) is 11.8 Å². The number of carboxylic acid groups (broad SMARTS) is 1. The number of phenols is 2. The lowest BCUT2D eigenvalue weighted by Crippen LogP contribution is -2.38. The van der Waals surface area contributed by atoms with Gasteiger partial charge in [0.25, 0.3) is 0 Å². The molecule has 0 aliphatic carbocycles. The summed E-state index contributed by atoms with van der Waals surface area (Å²) in [5, 5.41) is 29.5. The van der Waals surface area contributed by atoms with Gasteiger partial charge < -0.3 is 15.3 Å². The van der Waals surface area contributed by atoms with Gasteiger partial charge >= 0.3 is 18.1 Å². The molecule has 0 amide bonds. The number of unbranched alkanes of at least 4 members (excludes halogenated alkanes) is 7. The second kappa shape index (κ2) is 16.2. The second-order valence-electron chi connectivity index (χ2n) is 12.2. The van der Waals surface area contributed by atoms with Gasteiger partial charge in [0.1, 0.15) is 11.5 Å². The topological polar surface area (TPSA) is 77.8 Å². The molecule has 0 aromatic heterocycles. The van der Waals surface area contributed by atoms with Crippen LogP contribution < -0.4 is 0 Å². The van der Waals surface area contributed by atoms with Crippen LogP contribution in [0.15, 0.2) is 47.4 Å². The van der Waals surface area contributed by atoms with Gasteiger partial charge in [-0.2, -0.15) is 22.0 Å². The molecule has 246 valence electrons. The van der Waals surface area contributed by atoms with Crippen LogP contribution >= 0.6 is 11.8 Å². The molecule has 0 saturated carbocycles. The lowest BCUT2D eigenvalue weighted by molar-refractivity contribution is -0.284. The van der Waals surface area contributed by atoms with E-state index in [1.807, 2.05) is 24.3 Å². The third-order valence-corrected chi connectivity index (χ3v) is 10.5. The first-order valence-electron chi connectivity index (χ1n) is 15.7. The third kappa shape index (κ3) is 9.51. The molecule has 3 atom stereocenters. The zero-order chi connectivity index (χ0) is 32.4. The number of aliphatic carboxylic acids is 1. The van der Waals surface area contributed by atoms with Crippen molar-refractivity contribution in [3.8, 4) is 11.5 Å². The Balaban J connectivity index is 1.43. The first-order chi connectivity index (χ1) is 20.8. The van der Waals surface area contributed by atoms with Crippen molar-refractivity contribution in [2.45, 2.75) is 125 Å². The van der Waals surface area contributed by atoms with Gasteiger partial charge in [-0.05, 0) is 73.4 Å². The van der Waals surface area contributed by atoms with Gasteiger partial charge in [-0.3, -0.25) is 4.79 Å². The Kier molecular flexibility index (Phi) is 13.2. The summed E-state index contributed by atoms with van der Waals surface area (Å²) in [5.74, 6) is -4.59. The molecule has 3 unspecified atom stereocenters. The van der Waals surface area contributed by atoms with Crippen LogP contribution in [0.2, 0.25) is 0 Å². The quantitative estimate of drug-likeness (QED) is 0.111. The highest BCUT2D eigenvalue weighted by molar-refractivity contribution is 7.99. The number of rotatable bonds is 18. The summed E-state index contributed by atoms with van der Waals surface area (Å²) < 4.78 is 62.9. The molecule has 0 radical (unpaired) electrons. The van der Waals surface area contributed by atoms with Crippen LogP contribution in [0.3, 0.4) is 0 Å². The third-order valence-electron chi connectivity index (χ3n) is 9.20. The van der Waals surface area contributed by atoms with E-state index in [2.05, 4.69) is 6.92 Å². The summed E-state index contributed by atoms with van der Waals surface area (Å²) in [6.45, 7) is 2.21. The fourth-order valence-corrected chi connectivity index (χ4v) is 8.06. The van der Waals surface area contributed by atoms with Gasteiger partial charge in [-0.1, -0.05) is 76.5 Å². The van der Waals surface area contributed by atoms with E-state index >= 15 is 0 Å². The number of hydrogen-bond donors (Lipinski definition) is 3. The summed E-state index contributed by atoms with van der Waals surface area (Å²) in [6, 6.07) is 13.2. The Bertz CT molecular complexity index is 1190. The van der Waals surface area contributed by atoms with Gasteiger partial charge in [-0.25, -0.2) is 0 Å². The summed E-state index contributed by atoms with van der Waals surface area (Å²) >= 11 is 1.77. The van der Waals surface area contributed by atoms with Gasteiger partial charge in [0.05, 0.1) is 5.92 Å². The Morgan fingerprint density at radius 2 is 1.43 bits per heavy atom. The number of alkyl halides is 5. The van der Waals surface area contributed by atoms with Gasteiger partial charge in [0, 0.05) is 22.5 Å². The van der Waals surface area contributed by atoms with Crippen molar-refractivity contribution in [1.82, 2.24) is 0 Å². The SMILES string of the molecule is CCC1(c2ccc(O)cc2)CSc2cc(O)ccc2C1CCCCCCCCC(CCCCCC(F)(F)C(F)(F)F)C(=O)O. The normalized spacial score (nSPS) is 19.5. The molecule has 0 bridgehead atoms.